The summed E-state index contributed by atoms with van der Waals surface area (Å²) in [5, 5.41) is 4.17. The number of hydrogen-bond donors (Lipinski definition) is 1. The molecule has 0 aliphatic rings. The van der Waals surface area contributed by atoms with Crippen LogP contribution in [0.3, 0.4) is 0 Å². The molecule has 0 radical (unpaired) electrons. The van der Waals surface area contributed by atoms with Crippen molar-refractivity contribution in [3.05, 3.63) is 35.5 Å². The molecule has 0 bridgehead atoms. The molecule has 0 aliphatic carbocycles. The van der Waals surface area contributed by atoms with Crippen molar-refractivity contribution < 1.29 is 4.79 Å². The predicted octanol–water partition coefficient (Wildman–Crippen LogP) is 2.85. The topological polar surface area (TPSA) is 42.0 Å². The molecule has 1 N–H and O–H groups in total. The highest BCUT2D eigenvalue weighted by Gasteiger charge is 2.01. The van der Waals surface area contributed by atoms with Crippen molar-refractivity contribution in [3.8, 4) is 0 Å². The number of nitrogens with zero attached hydrogens (tertiary/aromatic N) is 1. The van der Waals surface area contributed by atoms with E-state index < -0.39 is 0 Å². The first-order valence-electron chi connectivity index (χ1n) is 4.48. The van der Waals surface area contributed by atoms with Crippen LogP contribution in [0.5, 0.6) is 0 Å². The van der Waals surface area contributed by atoms with E-state index in [0.29, 0.717) is 5.02 Å². The van der Waals surface area contributed by atoms with Gasteiger partial charge in [0.25, 0.3) is 0 Å². The van der Waals surface area contributed by atoms with Crippen LogP contribution < -0.4 is 5.32 Å². The summed E-state index contributed by atoms with van der Waals surface area (Å²) >= 11 is 6.01. The Hall–Kier alpha value is -1.61. The molecule has 1 aromatic heterocycles. The number of rotatable bonds is 1. The molecule has 0 atom stereocenters. The number of carbonyl (C=O) groups excluding carboxylic acids is 1. The number of benzene rings is 1. The minimum absolute atomic E-state index is 0.102. The summed E-state index contributed by atoms with van der Waals surface area (Å²) in [5.41, 5.74) is 1.54. The molecule has 3 nitrogen and oxygen atoms in total. The van der Waals surface area contributed by atoms with E-state index in [1.807, 2.05) is 12.1 Å². The average Bonchev–Trinajstić information content (AvgIpc) is 2.18. The van der Waals surface area contributed by atoms with Crippen LogP contribution in [0.25, 0.3) is 10.9 Å². The minimum atomic E-state index is -0.102. The molecular weight excluding hydrogens is 212 g/mol. The van der Waals surface area contributed by atoms with Crippen LogP contribution in [0.4, 0.5) is 5.69 Å². The maximum absolute atomic E-state index is 10.9. The second-order valence-electron chi connectivity index (χ2n) is 3.21. The quantitative estimate of drug-likeness (QED) is 0.803. The Morgan fingerprint density at radius 2 is 2.20 bits per heavy atom. The summed E-state index contributed by atoms with van der Waals surface area (Å²) in [6, 6.07) is 7.16. The van der Waals surface area contributed by atoms with Gasteiger partial charge in [-0.05, 0) is 24.3 Å². The third-order valence-corrected chi connectivity index (χ3v) is 2.34. The lowest BCUT2D eigenvalue weighted by atomic mass is 10.2. The van der Waals surface area contributed by atoms with E-state index in [-0.39, 0.29) is 5.91 Å². The van der Waals surface area contributed by atoms with E-state index in [2.05, 4.69) is 10.3 Å². The number of carbonyl (C=O) groups is 1. The fourth-order valence-corrected chi connectivity index (χ4v) is 1.60. The highest BCUT2D eigenvalue weighted by Crippen LogP contribution is 2.24. The third-order valence-electron chi connectivity index (χ3n) is 2.01. The van der Waals surface area contributed by atoms with Crippen molar-refractivity contribution in [2.75, 3.05) is 5.32 Å². The van der Waals surface area contributed by atoms with Crippen LogP contribution in [0.2, 0.25) is 5.02 Å². The SMILES string of the molecule is CC(=O)Nc1ccc2nccc(Cl)c2c1. The largest absolute Gasteiger partial charge is 0.326 e. The Balaban J connectivity index is 2.54. The molecule has 2 rings (SSSR count). The highest BCUT2D eigenvalue weighted by atomic mass is 35.5. The molecule has 0 saturated heterocycles. The van der Waals surface area contributed by atoms with Gasteiger partial charge < -0.3 is 5.32 Å². The summed E-state index contributed by atoms with van der Waals surface area (Å²) < 4.78 is 0. The molecule has 1 amide bonds. The Morgan fingerprint density at radius 3 is 2.93 bits per heavy atom. The lowest BCUT2D eigenvalue weighted by molar-refractivity contribution is -0.114. The van der Waals surface area contributed by atoms with Crippen molar-refractivity contribution in [2.24, 2.45) is 0 Å². The highest BCUT2D eigenvalue weighted by molar-refractivity contribution is 6.35. The molecule has 0 fully saturated rings. The number of anilines is 1. The van der Waals surface area contributed by atoms with E-state index in [4.69, 9.17) is 11.6 Å². The van der Waals surface area contributed by atoms with Gasteiger partial charge >= 0.3 is 0 Å². The molecule has 15 heavy (non-hydrogen) atoms. The first-order chi connectivity index (χ1) is 7.16. The minimum Gasteiger partial charge on any atom is -0.326 e. The molecule has 0 unspecified atom stereocenters. The molecule has 76 valence electrons. The Morgan fingerprint density at radius 1 is 1.40 bits per heavy atom. The van der Waals surface area contributed by atoms with Gasteiger partial charge in [0.1, 0.15) is 0 Å². The first-order valence-corrected chi connectivity index (χ1v) is 4.86. The summed E-state index contributed by atoms with van der Waals surface area (Å²) in [5.74, 6) is -0.102. The van der Waals surface area contributed by atoms with Gasteiger partial charge in [0.15, 0.2) is 0 Å². The molecule has 0 spiro atoms. The van der Waals surface area contributed by atoms with Crippen LogP contribution >= 0.6 is 11.6 Å². The number of pyridine rings is 1. The Kier molecular flexibility index (Phi) is 2.56. The zero-order valence-electron chi connectivity index (χ0n) is 8.12. The second kappa shape index (κ2) is 3.87. The van der Waals surface area contributed by atoms with Gasteiger partial charge in [-0.1, -0.05) is 11.6 Å². The van der Waals surface area contributed by atoms with Gasteiger partial charge in [0.2, 0.25) is 5.91 Å². The van der Waals surface area contributed by atoms with Crippen molar-refractivity contribution in [3.63, 3.8) is 0 Å². The molecule has 0 aliphatic heterocycles. The lowest BCUT2D eigenvalue weighted by Gasteiger charge is -2.04. The van der Waals surface area contributed by atoms with E-state index in [1.165, 1.54) is 6.92 Å². The van der Waals surface area contributed by atoms with Crippen LogP contribution in [0.15, 0.2) is 30.5 Å². The number of halogens is 1. The third kappa shape index (κ3) is 2.07. The van der Waals surface area contributed by atoms with E-state index >= 15 is 0 Å². The van der Waals surface area contributed by atoms with Gasteiger partial charge in [0, 0.05) is 24.2 Å². The van der Waals surface area contributed by atoms with Crippen molar-refractivity contribution in [1.82, 2.24) is 4.98 Å². The normalized spacial score (nSPS) is 10.3. The lowest BCUT2D eigenvalue weighted by Crippen LogP contribution is -2.05. The molecular formula is C11H9ClN2O. The number of hydrogen-bond acceptors (Lipinski definition) is 2. The maximum atomic E-state index is 10.9. The summed E-state index contributed by atoms with van der Waals surface area (Å²) in [7, 11) is 0. The number of amides is 1. The second-order valence-corrected chi connectivity index (χ2v) is 3.61. The Bertz CT molecular complexity index is 525. The van der Waals surface area contributed by atoms with E-state index in [9.17, 15) is 4.79 Å². The fraction of sp³-hybridized carbons (Fsp3) is 0.0909. The predicted molar refractivity (Wildman–Crippen MR) is 61.1 cm³/mol. The van der Waals surface area contributed by atoms with E-state index in [1.54, 1.807) is 18.3 Å². The van der Waals surface area contributed by atoms with Crippen LogP contribution in [0, 0.1) is 0 Å². The zero-order chi connectivity index (χ0) is 10.8. The van der Waals surface area contributed by atoms with Crippen molar-refractivity contribution in [1.29, 1.82) is 0 Å². The average molecular weight is 221 g/mol. The molecule has 0 saturated carbocycles. The fourth-order valence-electron chi connectivity index (χ4n) is 1.39. The molecule has 2 aromatic rings. The first kappa shape index (κ1) is 9.93. The molecule has 4 heteroatoms. The number of fused-ring (bicyclic) bond motifs is 1. The molecule has 1 aromatic carbocycles. The van der Waals surface area contributed by atoms with Gasteiger partial charge in [-0.2, -0.15) is 0 Å². The van der Waals surface area contributed by atoms with Crippen molar-refractivity contribution in [2.45, 2.75) is 6.92 Å². The summed E-state index contributed by atoms with van der Waals surface area (Å²) in [6.45, 7) is 1.47. The zero-order valence-corrected chi connectivity index (χ0v) is 8.88. The van der Waals surface area contributed by atoms with Gasteiger partial charge in [0.05, 0.1) is 10.5 Å². The Labute approximate surface area is 92.1 Å². The van der Waals surface area contributed by atoms with Crippen LogP contribution in [0.1, 0.15) is 6.92 Å². The summed E-state index contributed by atoms with van der Waals surface area (Å²) in [4.78, 5) is 15.0. The maximum Gasteiger partial charge on any atom is 0.221 e. The number of aromatic nitrogens is 1. The van der Waals surface area contributed by atoms with Crippen LogP contribution in [-0.4, -0.2) is 10.9 Å². The van der Waals surface area contributed by atoms with Gasteiger partial charge in [-0.15, -0.1) is 0 Å². The van der Waals surface area contributed by atoms with Crippen LogP contribution in [-0.2, 0) is 4.79 Å². The smallest absolute Gasteiger partial charge is 0.221 e. The number of nitrogens with one attached hydrogen (secondary N) is 1. The van der Waals surface area contributed by atoms with Gasteiger partial charge in [-0.25, -0.2) is 0 Å². The van der Waals surface area contributed by atoms with Crippen molar-refractivity contribution >= 4 is 34.1 Å². The van der Waals surface area contributed by atoms with E-state index in [0.717, 1.165) is 16.6 Å². The summed E-state index contributed by atoms with van der Waals surface area (Å²) in [6.07, 6.45) is 1.66. The standard InChI is InChI=1S/C11H9ClN2O/c1-7(15)14-8-2-3-11-9(6-8)10(12)4-5-13-11/h2-6H,1H3,(H,14,15). The monoisotopic (exact) mass is 220 g/mol. The van der Waals surface area contributed by atoms with Gasteiger partial charge in [-0.3, -0.25) is 9.78 Å². The molecule has 1 heterocycles.